The second kappa shape index (κ2) is 13.1. The molecule has 208 valence electrons. The molecule has 0 bridgehead atoms. The van der Waals surface area contributed by atoms with Crippen molar-refractivity contribution in [3.8, 4) is 28.1 Å². The second-order valence-corrected chi connectivity index (χ2v) is 9.90. The van der Waals surface area contributed by atoms with E-state index >= 15 is 0 Å². The molecule has 0 aliphatic carbocycles. The Morgan fingerprint density at radius 1 is 0.950 bits per heavy atom. The van der Waals surface area contributed by atoms with Crippen molar-refractivity contribution in [2.75, 3.05) is 6.61 Å². The van der Waals surface area contributed by atoms with Gasteiger partial charge in [0, 0.05) is 6.42 Å². The molecule has 0 aliphatic rings. The van der Waals surface area contributed by atoms with Gasteiger partial charge in [0.15, 0.2) is 0 Å². The molecule has 4 rings (SSSR count). The highest BCUT2D eigenvalue weighted by atomic mass is 16.5. The number of hydrogen-bond donors (Lipinski definition) is 2. The van der Waals surface area contributed by atoms with Crippen LogP contribution in [0, 0.1) is 6.92 Å². The number of aromatic nitrogens is 2. The first kappa shape index (κ1) is 28.6. The maximum atomic E-state index is 12.5. The Kier molecular flexibility index (Phi) is 9.35. The molecule has 0 saturated heterocycles. The molecule has 4 aromatic rings. The lowest BCUT2D eigenvalue weighted by atomic mass is 9.97. The summed E-state index contributed by atoms with van der Waals surface area (Å²) in [5.74, 6) is -0.970. The van der Waals surface area contributed by atoms with E-state index in [1.807, 2.05) is 35.9 Å². The van der Waals surface area contributed by atoms with Crippen LogP contribution >= 0.6 is 0 Å². The number of carboxylic acid groups (broad SMARTS) is 1. The fraction of sp³-hybridized carbons (Fsp3) is 0.281. The Balaban J connectivity index is 1.47. The lowest BCUT2D eigenvalue weighted by Gasteiger charge is -2.18. The van der Waals surface area contributed by atoms with Crippen LogP contribution in [0.25, 0.3) is 22.4 Å². The number of carbonyl (C=O) groups excluding carboxylic acids is 1. The first-order chi connectivity index (χ1) is 19.2. The molecule has 0 aliphatic heterocycles. The summed E-state index contributed by atoms with van der Waals surface area (Å²) >= 11 is 0. The maximum absolute atomic E-state index is 12.5. The molecule has 1 atom stereocenters. The molecular formula is C32H35N3O5. The van der Waals surface area contributed by atoms with Crippen molar-refractivity contribution in [2.24, 2.45) is 5.73 Å². The van der Waals surface area contributed by atoms with E-state index in [0.717, 1.165) is 28.1 Å². The third-order valence-electron chi connectivity index (χ3n) is 6.43. The van der Waals surface area contributed by atoms with E-state index in [4.69, 9.17) is 20.3 Å². The molecule has 1 aromatic heterocycles. The zero-order chi connectivity index (χ0) is 28.6. The summed E-state index contributed by atoms with van der Waals surface area (Å²) in [6, 6.07) is 24.9. The molecule has 8 heteroatoms. The SMILES string of the molecule is Cc1cc(-c2ccc(-c3ccccc3)cc2)n(CCOc2ccc(CCC(=O)O)c(C(N)C(=O)OC(C)C)c2)n1. The number of carboxylic acids is 1. The third-order valence-corrected chi connectivity index (χ3v) is 6.43. The largest absolute Gasteiger partial charge is 0.492 e. The average molecular weight is 542 g/mol. The Hall–Kier alpha value is -4.43. The summed E-state index contributed by atoms with van der Waals surface area (Å²) in [4.78, 5) is 23.6. The number of carbonyl (C=O) groups is 2. The van der Waals surface area contributed by atoms with Crippen molar-refractivity contribution in [1.82, 2.24) is 9.78 Å². The summed E-state index contributed by atoms with van der Waals surface area (Å²) in [5.41, 5.74) is 12.7. The monoisotopic (exact) mass is 541 g/mol. The number of nitrogens with zero attached hydrogens (tertiary/aromatic N) is 2. The van der Waals surface area contributed by atoms with Gasteiger partial charge in [-0.3, -0.25) is 9.48 Å². The number of ether oxygens (including phenoxy) is 2. The molecule has 0 fully saturated rings. The number of rotatable bonds is 12. The van der Waals surface area contributed by atoms with Crippen molar-refractivity contribution >= 4 is 11.9 Å². The minimum absolute atomic E-state index is 0.0765. The van der Waals surface area contributed by atoms with Crippen LogP contribution in [0.1, 0.15) is 43.1 Å². The van der Waals surface area contributed by atoms with Gasteiger partial charge in [-0.15, -0.1) is 0 Å². The van der Waals surface area contributed by atoms with Gasteiger partial charge in [-0.25, -0.2) is 4.79 Å². The summed E-state index contributed by atoms with van der Waals surface area (Å²) in [7, 11) is 0. The molecule has 1 heterocycles. The number of hydrogen-bond acceptors (Lipinski definition) is 6. The fourth-order valence-corrected chi connectivity index (χ4v) is 4.52. The van der Waals surface area contributed by atoms with Gasteiger partial charge in [0.2, 0.25) is 0 Å². The van der Waals surface area contributed by atoms with E-state index in [1.54, 1.807) is 32.0 Å². The fourth-order valence-electron chi connectivity index (χ4n) is 4.52. The highest BCUT2D eigenvalue weighted by Crippen LogP contribution is 2.27. The first-order valence-electron chi connectivity index (χ1n) is 13.3. The summed E-state index contributed by atoms with van der Waals surface area (Å²) < 4.78 is 13.2. The zero-order valence-electron chi connectivity index (χ0n) is 23.0. The van der Waals surface area contributed by atoms with E-state index in [2.05, 4.69) is 41.5 Å². The van der Waals surface area contributed by atoms with Crippen LogP contribution in [0.15, 0.2) is 78.9 Å². The maximum Gasteiger partial charge on any atom is 0.327 e. The summed E-state index contributed by atoms with van der Waals surface area (Å²) in [5, 5.41) is 13.8. The highest BCUT2D eigenvalue weighted by molar-refractivity contribution is 5.78. The average Bonchev–Trinajstić information content (AvgIpc) is 3.32. The Bertz CT molecular complexity index is 1450. The van der Waals surface area contributed by atoms with E-state index in [9.17, 15) is 9.59 Å². The van der Waals surface area contributed by atoms with E-state index in [-0.39, 0.29) is 18.9 Å². The Morgan fingerprint density at radius 3 is 2.30 bits per heavy atom. The van der Waals surface area contributed by atoms with Gasteiger partial charge in [-0.1, -0.05) is 60.7 Å². The summed E-state index contributed by atoms with van der Waals surface area (Å²) in [6.45, 7) is 6.28. The van der Waals surface area contributed by atoms with Gasteiger partial charge in [-0.2, -0.15) is 5.10 Å². The minimum atomic E-state index is -1.05. The van der Waals surface area contributed by atoms with Crippen molar-refractivity contribution in [2.45, 2.75) is 52.3 Å². The van der Waals surface area contributed by atoms with E-state index in [1.165, 1.54) is 0 Å². The van der Waals surface area contributed by atoms with Gasteiger partial charge in [0.1, 0.15) is 18.4 Å². The zero-order valence-corrected chi connectivity index (χ0v) is 23.0. The normalized spacial score (nSPS) is 11.8. The minimum Gasteiger partial charge on any atom is -0.492 e. The van der Waals surface area contributed by atoms with Crippen LogP contribution in [-0.4, -0.2) is 39.5 Å². The van der Waals surface area contributed by atoms with E-state index in [0.29, 0.717) is 30.0 Å². The van der Waals surface area contributed by atoms with Gasteiger partial charge < -0.3 is 20.3 Å². The first-order valence-corrected chi connectivity index (χ1v) is 13.3. The quantitative estimate of drug-likeness (QED) is 0.225. The molecule has 0 amide bonds. The van der Waals surface area contributed by atoms with Gasteiger partial charge in [0.25, 0.3) is 0 Å². The number of benzene rings is 3. The molecule has 0 spiro atoms. The van der Waals surface area contributed by atoms with Crippen molar-refractivity contribution in [3.63, 3.8) is 0 Å². The smallest absolute Gasteiger partial charge is 0.327 e. The lowest BCUT2D eigenvalue weighted by molar-refractivity contribution is -0.149. The highest BCUT2D eigenvalue weighted by Gasteiger charge is 2.22. The second-order valence-electron chi connectivity index (χ2n) is 9.90. The van der Waals surface area contributed by atoms with Gasteiger partial charge in [-0.05, 0) is 73.2 Å². The predicted octanol–water partition coefficient (Wildman–Crippen LogP) is 5.57. The number of nitrogens with two attached hydrogens (primary N) is 1. The number of esters is 1. The molecule has 3 aromatic carbocycles. The van der Waals surface area contributed by atoms with Crippen LogP contribution in [-0.2, 0) is 27.3 Å². The Morgan fingerprint density at radius 2 is 1.62 bits per heavy atom. The third kappa shape index (κ3) is 7.36. The molecule has 3 N–H and O–H groups in total. The van der Waals surface area contributed by atoms with Crippen LogP contribution < -0.4 is 10.5 Å². The Labute approximate surface area is 234 Å². The predicted molar refractivity (Wildman–Crippen MR) is 154 cm³/mol. The van der Waals surface area contributed by atoms with Crippen LogP contribution in [0.5, 0.6) is 5.75 Å². The van der Waals surface area contributed by atoms with Crippen LogP contribution in [0.2, 0.25) is 0 Å². The topological polar surface area (TPSA) is 117 Å². The standard InChI is InChI=1S/C32H35N3O5/c1-21(2)40-32(38)31(33)28-20-27(15-13-25(28)14-16-30(36)37)39-18-17-35-29(19-22(3)34-35)26-11-9-24(10-12-26)23-7-5-4-6-8-23/h4-13,15,19-21,31H,14,16-18,33H2,1-3H3,(H,36,37). The van der Waals surface area contributed by atoms with Crippen molar-refractivity contribution in [3.05, 3.63) is 95.7 Å². The lowest BCUT2D eigenvalue weighted by Crippen LogP contribution is -2.27. The van der Waals surface area contributed by atoms with Gasteiger partial charge >= 0.3 is 11.9 Å². The summed E-state index contributed by atoms with van der Waals surface area (Å²) in [6.07, 6.45) is -0.152. The van der Waals surface area contributed by atoms with Gasteiger partial charge in [0.05, 0.1) is 24.0 Å². The van der Waals surface area contributed by atoms with Crippen molar-refractivity contribution in [1.29, 1.82) is 0 Å². The van der Waals surface area contributed by atoms with Crippen LogP contribution in [0.4, 0.5) is 0 Å². The van der Waals surface area contributed by atoms with Crippen LogP contribution in [0.3, 0.4) is 0 Å². The molecule has 0 saturated carbocycles. The molecule has 1 unspecified atom stereocenters. The number of aryl methyl sites for hydroxylation is 2. The molecular weight excluding hydrogens is 506 g/mol. The van der Waals surface area contributed by atoms with E-state index < -0.39 is 18.0 Å². The molecule has 40 heavy (non-hydrogen) atoms. The molecule has 0 radical (unpaired) electrons. The number of aliphatic carboxylic acids is 1. The van der Waals surface area contributed by atoms with Crippen molar-refractivity contribution < 1.29 is 24.2 Å². The molecule has 8 nitrogen and oxygen atoms in total.